The molecule has 0 amide bonds. The van der Waals surface area contributed by atoms with E-state index in [9.17, 15) is 8.42 Å². The standard InChI is InChI=1S/C16H27N7O2S3/c1-12-14(21-10-19-12)8-26-6-4-17-16(23-28(3,24)25)18-5-7-27-9-15-13(2)20-11-22-15/h10-11H,4-9H2,1-3H3,(H,19,21)(H,20,22)(H2,17,18,23). The van der Waals surface area contributed by atoms with Crippen LogP contribution in [0, 0.1) is 13.8 Å². The summed E-state index contributed by atoms with van der Waals surface area (Å²) in [6, 6.07) is 0. The molecule has 156 valence electrons. The minimum Gasteiger partial charge on any atom is -0.355 e. The predicted octanol–water partition coefficient (Wildman–Crippen LogP) is 1.41. The van der Waals surface area contributed by atoms with Crippen LogP contribution in [0.25, 0.3) is 0 Å². The van der Waals surface area contributed by atoms with Gasteiger partial charge in [-0.25, -0.2) is 18.4 Å². The van der Waals surface area contributed by atoms with Crippen LogP contribution in [-0.4, -0.2) is 65.2 Å². The summed E-state index contributed by atoms with van der Waals surface area (Å²) in [5, 5.41) is 3.07. The predicted molar refractivity (Wildman–Crippen MR) is 117 cm³/mol. The van der Waals surface area contributed by atoms with Crippen LogP contribution in [0.5, 0.6) is 0 Å². The van der Waals surface area contributed by atoms with Crippen LogP contribution >= 0.6 is 23.5 Å². The zero-order chi connectivity index (χ0) is 20.4. The number of nitrogens with one attached hydrogen (secondary N) is 4. The fourth-order valence-electron chi connectivity index (χ4n) is 2.18. The topological polar surface area (TPSA) is 128 Å². The molecule has 0 saturated carbocycles. The summed E-state index contributed by atoms with van der Waals surface area (Å²) < 4.78 is 25.5. The van der Waals surface area contributed by atoms with Crippen molar-refractivity contribution in [3.63, 3.8) is 0 Å². The summed E-state index contributed by atoms with van der Waals surface area (Å²) in [4.78, 5) is 18.9. The normalized spacial score (nSPS) is 12.3. The molecule has 0 fully saturated rings. The second-order valence-electron chi connectivity index (χ2n) is 6.07. The zero-order valence-electron chi connectivity index (χ0n) is 16.3. The molecule has 0 aliphatic carbocycles. The van der Waals surface area contributed by atoms with E-state index in [0.717, 1.165) is 52.0 Å². The first-order valence-corrected chi connectivity index (χ1v) is 12.9. The smallest absolute Gasteiger partial charge is 0.232 e. The molecule has 0 aliphatic rings. The van der Waals surface area contributed by atoms with Crippen molar-refractivity contribution in [2.45, 2.75) is 25.4 Å². The lowest BCUT2D eigenvalue weighted by Crippen LogP contribution is -2.41. The lowest BCUT2D eigenvalue weighted by Gasteiger charge is -2.11. The van der Waals surface area contributed by atoms with E-state index in [-0.39, 0.29) is 0 Å². The molecule has 0 aromatic carbocycles. The van der Waals surface area contributed by atoms with Crippen molar-refractivity contribution < 1.29 is 8.42 Å². The molecule has 9 nitrogen and oxygen atoms in total. The molecule has 2 heterocycles. The number of sulfonamides is 1. The number of rotatable bonds is 11. The Labute approximate surface area is 174 Å². The molecule has 2 aromatic rings. The molecule has 4 N–H and O–H groups in total. The van der Waals surface area contributed by atoms with Gasteiger partial charge in [-0.1, -0.05) is 0 Å². The first-order chi connectivity index (χ1) is 13.3. The van der Waals surface area contributed by atoms with E-state index in [4.69, 9.17) is 0 Å². The largest absolute Gasteiger partial charge is 0.355 e. The van der Waals surface area contributed by atoms with Crippen molar-refractivity contribution >= 4 is 39.5 Å². The summed E-state index contributed by atoms with van der Waals surface area (Å²) in [7, 11) is -3.37. The number of thioether (sulfide) groups is 2. The Morgan fingerprint density at radius 1 is 1.07 bits per heavy atom. The molecule has 2 rings (SSSR count). The third kappa shape index (κ3) is 8.57. The number of aryl methyl sites for hydroxylation is 2. The third-order valence-corrected chi connectivity index (χ3v) is 6.20. The number of aromatic amines is 2. The molecule has 0 spiro atoms. The van der Waals surface area contributed by atoms with Gasteiger partial charge in [0.2, 0.25) is 16.0 Å². The molecular formula is C16H27N7O2S3. The highest BCUT2D eigenvalue weighted by Gasteiger charge is 2.07. The fourth-order valence-corrected chi connectivity index (χ4v) is 4.42. The molecule has 0 aliphatic heterocycles. The summed E-state index contributed by atoms with van der Waals surface area (Å²) in [5.41, 5.74) is 4.22. The molecule has 0 radical (unpaired) electrons. The maximum atomic E-state index is 11.5. The summed E-state index contributed by atoms with van der Waals surface area (Å²) in [6.07, 6.45) is 4.50. The van der Waals surface area contributed by atoms with Crippen LogP contribution in [0.1, 0.15) is 22.8 Å². The van der Waals surface area contributed by atoms with Crippen LogP contribution in [0.2, 0.25) is 0 Å². The van der Waals surface area contributed by atoms with Crippen LogP contribution < -0.4 is 10.0 Å². The Morgan fingerprint density at radius 2 is 1.64 bits per heavy atom. The van der Waals surface area contributed by atoms with Gasteiger partial charge in [-0.2, -0.15) is 23.5 Å². The molecule has 12 heteroatoms. The molecule has 2 aromatic heterocycles. The van der Waals surface area contributed by atoms with Gasteiger partial charge in [0, 0.05) is 40.9 Å². The van der Waals surface area contributed by atoms with E-state index in [1.807, 2.05) is 13.8 Å². The maximum absolute atomic E-state index is 11.5. The number of guanidine groups is 1. The SMILES string of the molecule is Cc1nc[nH]c1CSCC/N=C(/NCCSCc1[nH]cnc1C)NS(C)(=O)=O. The second kappa shape index (κ2) is 11.4. The Hall–Kier alpha value is -1.66. The molecule has 0 atom stereocenters. The number of nitrogens with zero attached hydrogens (tertiary/aromatic N) is 3. The van der Waals surface area contributed by atoms with Gasteiger partial charge in [0.25, 0.3) is 0 Å². The number of H-pyrrole nitrogens is 2. The highest BCUT2D eigenvalue weighted by atomic mass is 32.2. The second-order valence-corrected chi connectivity index (χ2v) is 10.0. The molecule has 28 heavy (non-hydrogen) atoms. The van der Waals surface area contributed by atoms with E-state index < -0.39 is 10.0 Å². The van der Waals surface area contributed by atoms with Crippen LogP contribution in [0.3, 0.4) is 0 Å². The average Bonchev–Trinajstić information content (AvgIpc) is 3.21. The van der Waals surface area contributed by atoms with Gasteiger partial charge < -0.3 is 15.3 Å². The van der Waals surface area contributed by atoms with Crippen molar-refractivity contribution in [2.24, 2.45) is 4.99 Å². The Bertz CT molecular complexity index is 861. The first-order valence-electron chi connectivity index (χ1n) is 8.74. The van der Waals surface area contributed by atoms with E-state index in [2.05, 4.69) is 35.0 Å². The first kappa shape index (κ1) is 22.6. The van der Waals surface area contributed by atoms with Gasteiger partial charge in [0.1, 0.15) is 0 Å². The number of aliphatic imine (C=N–C) groups is 1. The van der Waals surface area contributed by atoms with Crippen molar-refractivity contribution in [2.75, 3.05) is 30.9 Å². The Kier molecular flexibility index (Phi) is 9.19. The molecular weight excluding hydrogens is 418 g/mol. The van der Waals surface area contributed by atoms with Gasteiger partial charge in [-0.05, 0) is 13.8 Å². The van der Waals surface area contributed by atoms with Crippen molar-refractivity contribution in [1.29, 1.82) is 0 Å². The lowest BCUT2D eigenvalue weighted by molar-refractivity contribution is 0.597. The fraction of sp³-hybridized carbons (Fsp3) is 0.562. The van der Waals surface area contributed by atoms with Crippen LogP contribution in [-0.2, 0) is 21.5 Å². The zero-order valence-corrected chi connectivity index (χ0v) is 18.7. The summed E-state index contributed by atoms with van der Waals surface area (Å²) in [5.74, 6) is 3.55. The van der Waals surface area contributed by atoms with E-state index in [0.29, 0.717) is 19.0 Å². The van der Waals surface area contributed by atoms with E-state index in [1.165, 1.54) is 0 Å². The quantitative estimate of drug-likeness (QED) is 0.234. The lowest BCUT2D eigenvalue weighted by atomic mass is 10.4. The van der Waals surface area contributed by atoms with Gasteiger partial charge in [-0.15, -0.1) is 0 Å². The van der Waals surface area contributed by atoms with Gasteiger partial charge >= 0.3 is 0 Å². The monoisotopic (exact) mass is 445 g/mol. The number of hydrogen-bond donors (Lipinski definition) is 4. The number of imidazole rings is 2. The maximum Gasteiger partial charge on any atom is 0.232 e. The Morgan fingerprint density at radius 3 is 2.14 bits per heavy atom. The number of hydrogen-bond acceptors (Lipinski definition) is 7. The van der Waals surface area contributed by atoms with Crippen molar-refractivity contribution in [3.8, 4) is 0 Å². The highest BCUT2D eigenvalue weighted by Crippen LogP contribution is 2.12. The minimum atomic E-state index is -3.37. The van der Waals surface area contributed by atoms with Gasteiger partial charge in [0.05, 0.1) is 36.8 Å². The van der Waals surface area contributed by atoms with Crippen LogP contribution in [0.4, 0.5) is 0 Å². The van der Waals surface area contributed by atoms with Gasteiger partial charge in [-0.3, -0.25) is 9.71 Å². The molecule has 0 saturated heterocycles. The summed E-state index contributed by atoms with van der Waals surface area (Å²) >= 11 is 3.46. The average molecular weight is 446 g/mol. The molecule has 0 bridgehead atoms. The van der Waals surface area contributed by atoms with Crippen molar-refractivity contribution in [3.05, 3.63) is 35.4 Å². The van der Waals surface area contributed by atoms with Crippen LogP contribution in [0.15, 0.2) is 17.6 Å². The van der Waals surface area contributed by atoms with Crippen molar-refractivity contribution in [1.82, 2.24) is 30.0 Å². The Balaban J connectivity index is 1.71. The minimum absolute atomic E-state index is 0.291. The number of aromatic nitrogens is 4. The van der Waals surface area contributed by atoms with E-state index >= 15 is 0 Å². The van der Waals surface area contributed by atoms with E-state index in [1.54, 1.807) is 36.2 Å². The third-order valence-electron chi connectivity index (χ3n) is 3.69. The van der Waals surface area contributed by atoms with Gasteiger partial charge in [0.15, 0.2) is 0 Å². The molecule has 0 unspecified atom stereocenters. The summed E-state index contributed by atoms with van der Waals surface area (Å²) in [6.45, 7) is 5.06. The highest BCUT2D eigenvalue weighted by molar-refractivity contribution is 7.98.